The second-order valence-corrected chi connectivity index (χ2v) is 6.89. The van der Waals surface area contributed by atoms with Crippen molar-refractivity contribution in [3.8, 4) is 0 Å². The Hall–Kier alpha value is -1.30. The number of rotatable bonds is 4. The molecule has 0 bridgehead atoms. The van der Waals surface area contributed by atoms with Crippen molar-refractivity contribution in [2.45, 2.75) is 29.5 Å². The van der Waals surface area contributed by atoms with E-state index in [9.17, 15) is 0 Å². The maximum Gasteiger partial charge on any atom is 0.261 e. The maximum atomic E-state index is 5.93. The molecule has 5 heteroatoms. The average molecular weight is 363 g/mol. The van der Waals surface area contributed by atoms with Crippen molar-refractivity contribution in [2.24, 2.45) is 5.73 Å². The Morgan fingerprint density at radius 1 is 1.29 bits per heavy atom. The lowest BCUT2D eigenvalue weighted by Gasteiger charge is -2.10. The van der Waals surface area contributed by atoms with Crippen LogP contribution in [-0.2, 0) is 6.42 Å². The molecule has 108 valence electrons. The summed E-state index contributed by atoms with van der Waals surface area (Å²) in [5.41, 5.74) is 8.83. The maximum absolute atomic E-state index is 5.93. The molecular formula is C16H15BrN2OS. The smallest absolute Gasteiger partial charge is 0.261 e. The topological polar surface area (TPSA) is 52.0 Å². The van der Waals surface area contributed by atoms with E-state index in [4.69, 9.17) is 10.2 Å². The predicted molar refractivity (Wildman–Crippen MR) is 89.6 cm³/mol. The molecule has 3 aromatic rings. The van der Waals surface area contributed by atoms with Crippen LogP contribution in [0.25, 0.3) is 11.1 Å². The Morgan fingerprint density at radius 2 is 2.10 bits per heavy atom. The molecule has 0 aliphatic heterocycles. The van der Waals surface area contributed by atoms with Crippen LogP contribution in [0.15, 0.2) is 61.5 Å². The number of halogens is 1. The van der Waals surface area contributed by atoms with E-state index < -0.39 is 0 Å². The molecule has 2 aromatic carbocycles. The van der Waals surface area contributed by atoms with Gasteiger partial charge in [0, 0.05) is 15.4 Å². The monoisotopic (exact) mass is 362 g/mol. The first-order valence-electron chi connectivity index (χ1n) is 6.69. The SMILES string of the molecule is CC(N)Cc1cc(Br)ccc1Sc1nc2ccccc2o1. The van der Waals surface area contributed by atoms with Gasteiger partial charge in [-0.1, -0.05) is 28.1 Å². The third-order valence-electron chi connectivity index (χ3n) is 3.04. The van der Waals surface area contributed by atoms with E-state index in [1.165, 1.54) is 17.3 Å². The Morgan fingerprint density at radius 3 is 2.86 bits per heavy atom. The number of hydrogen-bond donors (Lipinski definition) is 1. The van der Waals surface area contributed by atoms with Crippen molar-refractivity contribution < 1.29 is 4.42 Å². The van der Waals surface area contributed by atoms with Crippen LogP contribution in [0.3, 0.4) is 0 Å². The molecule has 1 unspecified atom stereocenters. The van der Waals surface area contributed by atoms with Gasteiger partial charge in [0.15, 0.2) is 5.58 Å². The first-order valence-corrected chi connectivity index (χ1v) is 8.30. The highest BCUT2D eigenvalue weighted by atomic mass is 79.9. The number of oxazole rings is 1. The van der Waals surface area contributed by atoms with Gasteiger partial charge < -0.3 is 10.2 Å². The largest absolute Gasteiger partial charge is 0.431 e. The average Bonchev–Trinajstić information content (AvgIpc) is 2.83. The van der Waals surface area contributed by atoms with Crippen molar-refractivity contribution >= 4 is 38.8 Å². The Labute approximate surface area is 136 Å². The molecule has 0 amide bonds. The molecule has 3 rings (SSSR count). The fourth-order valence-electron chi connectivity index (χ4n) is 2.14. The van der Waals surface area contributed by atoms with E-state index in [1.807, 2.05) is 37.3 Å². The number of para-hydroxylation sites is 2. The van der Waals surface area contributed by atoms with Crippen molar-refractivity contribution in [3.05, 3.63) is 52.5 Å². The molecular weight excluding hydrogens is 348 g/mol. The lowest BCUT2D eigenvalue weighted by Crippen LogP contribution is -2.18. The van der Waals surface area contributed by atoms with Crippen LogP contribution in [0, 0.1) is 0 Å². The van der Waals surface area contributed by atoms with Gasteiger partial charge in [-0.3, -0.25) is 0 Å². The van der Waals surface area contributed by atoms with Gasteiger partial charge in [-0.15, -0.1) is 0 Å². The normalized spacial score (nSPS) is 12.7. The summed E-state index contributed by atoms with van der Waals surface area (Å²) in [6, 6.07) is 14.1. The first-order chi connectivity index (χ1) is 10.1. The van der Waals surface area contributed by atoms with Gasteiger partial charge >= 0.3 is 0 Å². The summed E-state index contributed by atoms with van der Waals surface area (Å²) in [5, 5.41) is 0.657. The number of hydrogen-bond acceptors (Lipinski definition) is 4. The molecule has 21 heavy (non-hydrogen) atoms. The molecule has 2 N–H and O–H groups in total. The minimum absolute atomic E-state index is 0.113. The Kier molecular flexibility index (Phi) is 4.33. The van der Waals surface area contributed by atoms with Crippen molar-refractivity contribution in [2.75, 3.05) is 0 Å². The summed E-state index contributed by atoms with van der Waals surface area (Å²) < 4.78 is 6.83. The molecule has 0 aliphatic rings. The lowest BCUT2D eigenvalue weighted by molar-refractivity contribution is 0.489. The highest BCUT2D eigenvalue weighted by Crippen LogP contribution is 2.33. The second kappa shape index (κ2) is 6.22. The summed E-state index contributed by atoms with van der Waals surface area (Å²) in [7, 11) is 0. The lowest BCUT2D eigenvalue weighted by atomic mass is 10.1. The summed E-state index contributed by atoms with van der Waals surface area (Å²) >= 11 is 5.05. The highest BCUT2D eigenvalue weighted by Gasteiger charge is 2.12. The van der Waals surface area contributed by atoms with Crippen molar-refractivity contribution in [1.29, 1.82) is 0 Å². The van der Waals surface area contributed by atoms with Gasteiger partial charge in [0.2, 0.25) is 0 Å². The molecule has 1 aromatic heterocycles. The standard InChI is InChI=1S/C16H15BrN2OS/c1-10(18)8-11-9-12(17)6-7-15(11)21-16-19-13-4-2-3-5-14(13)20-16/h2-7,9-10H,8,18H2,1H3. The van der Waals surface area contributed by atoms with Crippen molar-refractivity contribution in [3.63, 3.8) is 0 Å². The number of nitrogens with zero attached hydrogens (tertiary/aromatic N) is 1. The molecule has 0 saturated heterocycles. The van der Waals surface area contributed by atoms with E-state index in [2.05, 4.69) is 33.0 Å². The molecule has 0 fully saturated rings. The molecule has 0 spiro atoms. The van der Waals surface area contributed by atoms with E-state index in [0.29, 0.717) is 5.22 Å². The van der Waals surface area contributed by atoms with E-state index in [1.54, 1.807) is 0 Å². The fraction of sp³-hybridized carbons (Fsp3) is 0.188. The molecule has 1 atom stereocenters. The molecule has 0 radical (unpaired) electrons. The quantitative estimate of drug-likeness (QED) is 0.734. The van der Waals surface area contributed by atoms with Crippen LogP contribution >= 0.6 is 27.7 Å². The molecule has 0 aliphatic carbocycles. The Balaban J connectivity index is 1.93. The summed E-state index contributed by atoms with van der Waals surface area (Å²) in [5.74, 6) is 0. The van der Waals surface area contributed by atoms with Crippen LogP contribution in [0.1, 0.15) is 12.5 Å². The van der Waals surface area contributed by atoms with Gasteiger partial charge in [-0.05, 0) is 61.0 Å². The predicted octanol–water partition coefficient (Wildman–Crippen LogP) is 4.63. The van der Waals surface area contributed by atoms with Crippen LogP contribution in [0.5, 0.6) is 0 Å². The van der Waals surface area contributed by atoms with Crippen LogP contribution in [-0.4, -0.2) is 11.0 Å². The van der Waals surface area contributed by atoms with Gasteiger partial charge in [0.05, 0.1) is 0 Å². The van der Waals surface area contributed by atoms with Gasteiger partial charge in [0.1, 0.15) is 5.52 Å². The summed E-state index contributed by atoms with van der Waals surface area (Å²) in [6.07, 6.45) is 0.821. The van der Waals surface area contributed by atoms with Gasteiger partial charge in [-0.2, -0.15) is 0 Å². The summed E-state index contributed by atoms with van der Waals surface area (Å²) in [6.45, 7) is 2.01. The second-order valence-electron chi connectivity index (χ2n) is 4.98. The fourth-order valence-corrected chi connectivity index (χ4v) is 3.42. The third-order valence-corrected chi connectivity index (χ3v) is 4.50. The highest BCUT2D eigenvalue weighted by molar-refractivity contribution is 9.10. The molecule has 1 heterocycles. The van der Waals surface area contributed by atoms with Gasteiger partial charge in [0.25, 0.3) is 5.22 Å². The number of benzene rings is 2. The van der Waals surface area contributed by atoms with Crippen LogP contribution < -0.4 is 5.73 Å². The zero-order chi connectivity index (χ0) is 14.8. The van der Waals surface area contributed by atoms with E-state index in [-0.39, 0.29) is 6.04 Å². The number of aromatic nitrogens is 1. The van der Waals surface area contributed by atoms with E-state index in [0.717, 1.165) is 26.9 Å². The zero-order valence-corrected chi connectivity index (χ0v) is 13.9. The number of nitrogens with two attached hydrogens (primary N) is 1. The summed E-state index contributed by atoms with van der Waals surface area (Å²) in [4.78, 5) is 5.63. The number of fused-ring (bicyclic) bond motifs is 1. The van der Waals surface area contributed by atoms with Gasteiger partial charge in [-0.25, -0.2) is 4.98 Å². The minimum atomic E-state index is 0.113. The molecule has 0 saturated carbocycles. The van der Waals surface area contributed by atoms with Crippen LogP contribution in [0.4, 0.5) is 0 Å². The molecule has 3 nitrogen and oxygen atoms in total. The minimum Gasteiger partial charge on any atom is -0.431 e. The third kappa shape index (κ3) is 3.48. The zero-order valence-electron chi connectivity index (χ0n) is 11.5. The van der Waals surface area contributed by atoms with Crippen LogP contribution in [0.2, 0.25) is 0 Å². The Bertz CT molecular complexity index is 737. The first kappa shape index (κ1) is 14.6. The van der Waals surface area contributed by atoms with Crippen molar-refractivity contribution in [1.82, 2.24) is 4.98 Å². The van der Waals surface area contributed by atoms with E-state index >= 15 is 0 Å².